The predicted molar refractivity (Wildman–Crippen MR) is 74.1 cm³/mol. The first-order chi connectivity index (χ1) is 9.37. The van der Waals surface area contributed by atoms with Gasteiger partial charge in [-0.25, -0.2) is 12.8 Å². The molecule has 7 heteroatoms. The molecule has 0 aliphatic rings. The molecular formula is C13H19FN2O3S. The third-order valence-corrected chi connectivity index (χ3v) is 4.56. The van der Waals surface area contributed by atoms with E-state index in [1.54, 1.807) is 0 Å². The van der Waals surface area contributed by atoms with Gasteiger partial charge >= 0.3 is 0 Å². The van der Waals surface area contributed by atoms with Crippen LogP contribution < -0.4 is 5.32 Å². The number of likely N-dealkylation sites (N-methyl/N-ethyl adjacent to an activating group) is 1. The number of hydrogen-bond acceptors (Lipinski definition) is 3. The zero-order valence-corrected chi connectivity index (χ0v) is 12.4. The lowest BCUT2D eigenvalue weighted by Crippen LogP contribution is -2.38. The van der Waals surface area contributed by atoms with Crippen molar-refractivity contribution < 1.29 is 17.6 Å². The smallest absolute Gasteiger partial charge is 0.243 e. The average molecular weight is 302 g/mol. The van der Waals surface area contributed by atoms with E-state index >= 15 is 0 Å². The van der Waals surface area contributed by atoms with E-state index in [0.717, 1.165) is 29.3 Å². The second-order valence-electron chi connectivity index (χ2n) is 4.42. The van der Waals surface area contributed by atoms with Gasteiger partial charge in [-0.15, -0.1) is 0 Å². The van der Waals surface area contributed by atoms with Crippen molar-refractivity contribution in [3.8, 4) is 0 Å². The van der Waals surface area contributed by atoms with Crippen molar-refractivity contribution >= 4 is 15.9 Å². The summed E-state index contributed by atoms with van der Waals surface area (Å²) in [7, 11) is -2.46. The van der Waals surface area contributed by atoms with E-state index in [-0.39, 0.29) is 17.3 Å². The van der Waals surface area contributed by atoms with E-state index in [4.69, 9.17) is 0 Å². The Morgan fingerprint density at radius 2 is 1.90 bits per heavy atom. The summed E-state index contributed by atoms with van der Waals surface area (Å²) >= 11 is 0. The maximum atomic E-state index is 12.8. The average Bonchev–Trinajstić information content (AvgIpc) is 2.39. The lowest BCUT2D eigenvalue weighted by atomic mass is 10.3. The Balaban J connectivity index is 2.68. The molecule has 0 unspecified atom stereocenters. The lowest BCUT2D eigenvalue weighted by molar-refractivity contribution is -0.121. The maximum absolute atomic E-state index is 12.8. The molecule has 1 N–H and O–H groups in total. The molecule has 0 fully saturated rings. The quantitative estimate of drug-likeness (QED) is 0.773. The fourth-order valence-electron chi connectivity index (χ4n) is 1.53. The molecule has 112 valence electrons. The van der Waals surface area contributed by atoms with Gasteiger partial charge in [-0.1, -0.05) is 13.3 Å². The number of halogens is 1. The molecule has 1 rings (SSSR count). The third kappa shape index (κ3) is 4.57. The van der Waals surface area contributed by atoms with Crippen LogP contribution in [-0.2, 0) is 14.8 Å². The summed E-state index contributed by atoms with van der Waals surface area (Å²) in [6, 6.07) is 4.50. The minimum absolute atomic E-state index is 0.0391. The number of nitrogens with zero attached hydrogens (tertiary/aromatic N) is 1. The number of benzene rings is 1. The fourth-order valence-corrected chi connectivity index (χ4v) is 2.66. The second kappa shape index (κ2) is 7.35. The Labute approximate surface area is 118 Å². The van der Waals surface area contributed by atoms with Gasteiger partial charge < -0.3 is 5.32 Å². The van der Waals surface area contributed by atoms with Gasteiger partial charge in [0.1, 0.15) is 5.82 Å². The van der Waals surface area contributed by atoms with Gasteiger partial charge in [0.2, 0.25) is 15.9 Å². The van der Waals surface area contributed by atoms with Crippen LogP contribution in [0.4, 0.5) is 4.39 Å². The van der Waals surface area contributed by atoms with Gasteiger partial charge in [0, 0.05) is 13.6 Å². The van der Waals surface area contributed by atoms with E-state index in [2.05, 4.69) is 5.32 Å². The first kappa shape index (κ1) is 16.6. The largest absolute Gasteiger partial charge is 0.355 e. The monoisotopic (exact) mass is 302 g/mol. The molecule has 0 saturated heterocycles. The predicted octanol–water partition coefficient (Wildman–Crippen LogP) is 1.36. The van der Waals surface area contributed by atoms with Gasteiger partial charge in [-0.2, -0.15) is 4.31 Å². The number of sulfonamides is 1. The van der Waals surface area contributed by atoms with Crippen molar-refractivity contribution in [1.82, 2.24) is 9.62 Å². The van der Waals surface area contributed by atoms with Crippen LogP contribution in [0.15, 0.2) is 29.2 Å². The topological polar surface area (TPSA) is 66.5 Å². The lowest BCUT2D eigenvalue weighted by Gasteiger charge is -2.16. The van der Waals surface area contributed by atoms with Gasteiger partial charge in [0.25, 0.3) is 0 Å². The molecule has 0 aromatic heterocycles. The number of carbonyl (C=O) groups is 1. The Bertz CT molecular complexity index is 543. The Kier molecular flexibility index (Phi) is 6.09. The summed E-state index contributed by atoms with van der Waals surface area (Å²) in [4.78, 5) is 11.5. The SMILES string of the molecule is CCCCNC(=O)CN(C)S(=O)(=O)c1ccc(F)cc1. The number of rotatable bonds is 7. The molecule has 1 aromatic rings. The molecule has 20 heavy (non-hydrogen) atoms. The van der Waals surface area contributed by atoms with Gasteiger partial charge in [0.15, 0.2) is 0 Å². The maximum Gasteiger partial charge on any atom is 0.243 e. The zero-order valence-electron chi connectivity index (χ0n) is 11.6. The van der Waals surface area contributed by atoms with Crippen LogP contribution in [0.2, 0.25) is 0 Å². The summed E-state index contributed by atoms with van der Waals surface area (Å²) in [6.45, 7) is 2.26. The van der Waals surface area contributed by atoms with E-state index < -0.39 is 15.8 Å². The summed E-state index contributed by atoms with van der Waals surface area (Å²) < 4.78 is 38.0. The highest BCUT2D eigenvalue weighted by atomic mass is 32.2. The van der Waals surface area contributed by atoms with Crippen LogP contribution in [0.25, 0.3) is 0 Å². The minimum atomic E-state index is -3.78. The van der Waals surface area contributed by atoms with E-state index in [1.807, 2.05) is 6.92 Å². The van der Waals surface area contributed by atoms with Crippen LogP contribution in [0, 0.1) is 5.82 Å². The van der Waals surface area contributed by atoms with E-state index in [9.17, 15) is 17.6 Å². The number of hydrogen-bond donors (Lipinski definition) is 1. The van der Waals surface area contributed by atoms with Crippen molar-refractivity contribution in [1.29, 1.82) is 0 Å². The molecule has 0 radical (unpaired) electrons. The molecule has 5 nitrogen and oxygen atoms in total. The number of unbranched alkanes of at least 4 members (excludes halogenated alkanes) is 1. The van der Waals surface area contributed by atoms with Crippen molar-refractivity contribution in [2.75, 3.05) is 20.1 Å². The summed E-state index contributed by atoms with van der Waals surface area (Å²) in [5, 5.41) is 2.64. The standard InChI is InChI=1S/C13H19FN2O3S/c1-3-4-9-15-13(17)10-16(2)20(18,19)12-7-5-11(14)6-8-12/h5-8H,3-4,9-10H2,1-2H3,(H,15,17). The van der Waals surface area contributed by atoms with Crippen LogP contribution in [0.3, 0.4) is 0 Å². The molecule has 0 spiro atoms. The van der Waals surface area contributed by atoms with Crippen molar-refractivity contribution in [2.24, 2.45) is 0 Å². The molecule has 0 heterocycles. The Hall–Kier alpha value is -1.47. The first-order valence-corrected chi connectivity index (χ1v) is 7.80. The molecule has 0 saturated carbocycles. The Morgan fingerprint density at radius 3 is 2.45 bits per heavy atom. The fraction of sp³-hybridized carbons (Fsp3) is 0.462. The highest BCUT2D eigenvalue weighted by molar-refractivity contribution is 7.89. The summed E-state index contributed by atoms with van der Waals surface area (Å²) in [5.41, 5.74) is 0. The highest BCUT2D eigenvalue weighted by Gasteiger charge is 2.22. The van der Waals surface area contributed by atoms with Crippen LogP contribution >= 0.6 is 0 Å². The Morgan fingerprint density at radius 1 is 1.30 bits per heavy atom. The summed E-state index contributed by atoms with van der Waals surface area (Å²) in [6.07, 6.45) is 1.80. The van der Waals surface area contributed by atoms with Gasteiger partial charge in [-0.05, 0) is 30.7 Å². The summed E-state index contributed by atoms with van der Waals surface area (Å²) in [5.74, 6) is -0.865. The number of amides is 1. The van der Waals surface area contributed by atoms with Crippen LogP contribution in [0.5, 0.6) is 0 Å². The minimum Gasteiger partial charge on any atom is -0.355 e. The van der Waals surface area contributed by atoms with Gasteiger partial charge in [0.05, 0.1) is 11.4 Å². The second-order valence-corrected chi connectivity index (χ2v) is 6.46. The zero-order chi connectivity index (χ0) is 15.2. The molecule has 0 bridgehead atoms. The molecule has 0 atom stereocenters. The van der Waals surface area contributed by atoms with Crippen molar-refractivity contribution in [3.05, 3.63) is 30.1 Å². The van der Waals surface area contributed by atoms with E-state index in [1.165, 1.54) is 19.2 Å². The first-order valence-electron chi connectivity index (χ1n) is 6.36. The molecule has 0 aliphatic heterocycles. The normalized spacial score (nSPS) is 11.6. The highest BCUT2D eigenvalue weighted by Crippen LogP contribution is 2.14. The van der Waals surface area contributed by atoms with Crippen LogP contribution in [-0.4, -0.2) is 38.8 Å². The van der Waals surface area contributed by atoms with Crippen molar-refractivity contribution in [3.63, 3.8) is 0 Å². The third-order valence-electron chi connectivity index (χ3n) is 2.74. The molecule has 1 amide bonds. The van der Waals surface area contributed by atoms with E-state index in [0.29, 0.717) is 6.54 Å². The van der Waals surface area contributed by atoms with Crippen molar-refractivity contribution in [2.45, 2.75) is 24.7 Å². The number of nitrogens with one attached hydrogen (secondary N) is 1. The molecule has 0 aliphatic carbocycles. The molecular weight excluding hydrogens is 283 g/mol. The van der Waals surface area contributed by atoms with Crippen LogP contribution in [0.1, 0.15) is 19.8 Å². The molecule has 1 aromatic carbocycles. The number of carbonyl (C=O) groups excluding carboxylic acids is 1. The van der Waals surface area contributed by atoms with Gasteiger partial charge in [-0.3, -0.25) is 4.79 Å².